The van der Waals surface area contributed by atoms with E-state index in [-0.39, 0.29) is 141 Å². The Kier molecular flexibility index (Phi) is 414. The van der Waals surface area contributed by atoms with Gasteiger partial charge in [0.05, 0.1) is 0 Å². The Hall–Kier alpha value is 4.53. The SMILES string of the molecule is [AlH3].[Cr].[Mo].[Nb].[Ta].[Ti].[V]. The van der Waals surface area contributed by atoms with Crippen LogP contribution < -0.4 is 0 Å². The van der Waals surface area contributed by atoms with Crippen molar-refractivity contribution in [3.05, 3.63) is 0 Å². The van der Waals surface area contributed by atoms with E-state index in [4.69, 9.17) is 0 Å². The smallest absolute Gasteiger partial charge is 0 e. The Bertz CT molecular complexity index is 19.7. The molecule has 0 aliphatic heterocycles. The first-order valence-corrected chi connectivity index (χ1v) is 0. The van der Waals surface area contributed by atoms with E-state index in [0.717, 1.165) is 0 Å². The Morgan fingerprint density at radius 3 is 1.00 bits per heavy atom. The summed E-state index contributed by atoms with van der Waals surface area (Å²) < 4.78 is 0. The molecular weight excluding hydrogens is 548 g/mol. The summed E-state index contributed by atoms with van der Waals surface area (Å²) in [6.45, 7) is 0. The molecular formula is H3AlCrMoNbTaTiV. The van der Waals surface area contributed by atoms with Gasteiger partial charge in [0.25, 0.3) is 0 Å². The fraction of sp³-hybridized carbons (Fsp3) is 0. The molecule has 7 heavy (non-hydrogen) atoms. The first kappa shape index (κ1) is 62.3. The minimum absolute atomic E-state index is 0. The molecule has 0 fully saturated rings. The zero-order chi connectivity index (χ0) is 0. The monoisotopic (exact) mass is 553 g/mol. The second kappa shape index (κ2) is 46.6. The van der Waals surface area contributed by atoms with Crippen molar-refractivity contribution in [2.45, 2.75) is 0 Å². The topological polar surface area (TPSA) is 0 Å². The molecule has 3 radical (unpaired) electrons. The van der Waals surface area contributed by atoms with E-state index in [9.17, 15) is 0 Å². The number of rotatable bonds is 0. The van der Waals surface area contributed by atoms with Gasteiger partial charge in [-0.15, -0.1) is 0 Å². The van der Waals surface area contributed by atoms with Crippen molar-refractivity contribution in [1.82, 2.24) is 0 Å². The average molecular weight is 551 g/mol. The van der Waals surface area contributed by atoms with Crippen LogP contribution in [0.5, 0.6) is 0 Å². The summed E-state index contributed by atoms with van der Waals surface area (Å²) >= 11 is 0. The van der Waals surface area contributed by atoms with Gasteiger partial charge in [-0.1, -0.05) is 0 Å². The number of hydrogen-bond acceptors (Lipinski definition) is 0. The Labute approximate surface area is 138 Å². The summed E-state index contributed by atoms with van der Waals surface area (Å²) in [6.07, 6.45) is 0. The van der Waals surface area contributed by atoms with Crippen LogP contribution in [0.2, 0.25) is 0 Å². The third-order valence-corrected chi connectivity index (χ3v) is 0. The zero-order valence-corrected chi connectivity index (χ0v) is 14.3. The van der Waals surface area contributed by atoms with E-state index in [2.05, 4.69) is 0 Å². The molecule has 0 bridgehead atoms. The molecule has 0 atom stereocenters. The van der Waals surface area contributed by atoms with Crippen LogP contribution in [-0.4, -0.2) is 17.4 Å². The quantitative estimate of drug-likeness (QED) is 0.333. The molecule has 0 saturated carbocycles. The van der Waals surface area contributed by atoms with Crippen LogP contribution in [0.15, 0.2) is 0 Å². The maximum atomic E-state index is 0. The van der Waals surface area contributed by atoms with E-state index in [1.165, 1.54) is 0 Å². The maximum Gasteiger partial charge on any atom is 0.187 e. The number of hydrogen-bond donors (Lipinski definition) is 0. The largest absolute Gasteiger partial charge is 0.187 e. The van der Waals surface area contributed by atoms with E-state index >= 15 is 0 Å². The molecule has 0 amide bonds. The van der Waals surface area contributed by atoms with Gasteiger partial charge in [0.2, 0.25) is 0 Å². The van der Waals surface area contributed by atoms with E-state index in [1.807, 2.05) is 0 Å². The molecule has 0 heterocycles. The van der Waals surface area contributed by atoms with Crippen molar-refractivity contribution in [1.29, 1.82) is 0 Å². The molecule has 0 saturated heterocycles. The molecule has 37 valence electrons. The summed E-state index contributed by atoms with van der Waals surface area (Å²) in [5.41, 5.74) is 0. The predicted molar refractivity (Wildman–Crippen MR) is 9.94 cm³/mol. The van der Waals surface area contributed by atoms with E-state index in [0.29, 0.717) is 0 Å². The standard InChI is InChI=1S/Al.Cr.Mo.Nb.Ta.Ti.V.3H. The molecule has 0 aromatic carbocycles. The minimum atomic E-state index is 0. The van der Waals surface area contributed by atoms with Crippen LogP contribution in [0.25, 0.3) is 0 Å². The molecule has 0 rings (SSSR count). The molecule has 0 aliphatic carbocycles. The summed E-state index contributed by atoms with van der Waals surface area (Å²) in [6, 6.07) is 0. The molecule has 0 aromatic rings. The zero-order valence-electron chi connectivity index (χ0n) is 2.66. The summed E-state index contributed by atoms with van der Waals surface area (Å²) in [4.78, 5) is 0. The molecule has 0 aromatic heterocycles. The molecule has 7 heteroatoms. The summed E-state index contributed by atoms with van der Waals surface area (Å²) in [5, 5.41) is 0. The summed E-state index contributed by atoms with van der Waals surface area (Å²) in [7, 11) is 0. The van der Waals surface area contributed by atoms with Gasteiger partial charge in [0.15, 0.2) is 17.4 Å². The molecule has 0 spiro atoms. The van der Waals surface area contributed by atoms with E-state index in [1.54, 1.807) is 0 Å². The average Bonchev–Trinajstić information content (AvgIpc) is 0. The minimum Gasteiger partial charge on any atom is 0 e. The van der Waals surface area contributed by atoms with Gasteiger partial charge in [-0.25, -0.2) is 0 Å². The third-order valence-electron chi connectivity index (χ3n) is 0. The van der Waals surface area contributed by atoms with Gasteiger partial charge in [-0.2, -0.15) is 0 Å². The van der Waals surface area contributed by atoms with Crippen LogP contribution in [0, 0.1) is 0 Å². The molecule has 0 aliphatic rings. The Morgan fingerprint density at radius 2 is 1.00 bits per heavy atom. The van der Waals surface area contributed by atoms with Crippen LogP contribution in [0.4, 0.5) is 0 Å². The van der Waals surface area contributed by atoms with Gasteiger partial charge in [-0.05, 0) is 0 Å². The second-order valence-electron chi connectivity index (χ2n) is 0. The van der Waals surface area contributed by atoms with Crippen molar-refractivity contribution >= 4 is 17.4 Å². The van der Waals surface area contributed by atoms with Crippen LogP contribution in [0.1, 0.15) is 0 Å². The van der Waals surface area contributed by atoms with Crippen molar-refractivity contribution in [2.75, 3.05) is 0 Å². The van der Waals surface area contributed by atoms with Crippen LogP contribution in [0.3, 0.4) is 0 Å². The maximum absolute atomic E-state index is 0. The Balaban J connectivity index is 0. The first-order valence-electron chi connectivity index (χ1n) is 0. The van der Waals surface area contributed by atoms with Crippen molar-refractivity contribution in [2.24, 2.45) is 0 Å². The van der Waals surface area contributed by atoms with Crippen LogP contribution >= 0.6 is 0 Å². The molecule has 0 nitrogen and oxygen atoms in total. The summed E-state index contributed by atoms with van der Waals surface area (Å²) in [5.74, 6) is 0. The normalized spacial score (nSPS) is 0. The van der Waals surface area contributed by atoms with Gasteiger partial charge in [0.1, 0.15) is 0 Å². The first-order chi connectivity index (χ1) is 0. The second-order valence-corrected chi connectivity index (χ2v) is 0. The molecule has 0 N–H and O–H groups in total. The van der Waals surface area contributed by atoms with Crippen molar-refractivity contribution in [3.8, 4) is 0 Å². The van der Waals surface area contributed by atoms with Crippen molar-refractivity contribution in [3.63, 3.8) is 0 Å². The molecule has 0 unspecified atom stereocenters. The van der Waals surface area contributed by atoms with Gasteiger partial charge < -0.3 is 0 Å². The Morgan fingerprint density at radius 1 is 1.00 bits per heavy atom. The van der Waals surface area contributed by atoms with E-state index < -0.39 is 0 Å². The van der Waals surface area contributed by atoms with Gasteiger partial charge in [-0.3, -0.25) is 0 Å². The van der Waals surface area contributed by atoms with Gasteiger partial charge >= 0.3 is 0 Å². The van der Waals surface area contributed by atoms with Crippen LogP contribution in [-0.2, 0) is 123 Å². The fourth-order valence-corrected chi connectivity index (χ4v) is 0. The predicted octanol–water partition coefficient (Wildman–Crippen LogP) is -1.20. The van der Waals surface area contributed by atoms with Crippen molar-refractivity contribution < 1.29 is 123 Å². The van der Waals surface area contributed by atoms with Gasteiger partial charge in [0, 0.05) is 123 Å². The fourth-order valence-electron chi connectivity index (χ4n) is 0. The third kappa shape index (κ3) is 37.3.